The average Bonchev–Trinajstić information content (AvgIpc) is 3.07. The molecule has 7 heteroatoms. The maximum absolute atomic E-state index is 12.4. The molecule has 1 amide bonds. The Labute approximate surface area is 122 Å². The van der Waals surface area contributed by atoms with Crippen LogP contribution in [-0.2, 0) is 17.8 Å². The summed E-state index contributed by atoms with van der Waals surface area (Å²) in [5.41, 5.74) is 1.04. The normalized spacial score (nSPS) is 22.3. The molecule has 1 saturated heterocycles. The summed E-state index contributed by atoms with van der Waals surface area (Å²) in [6.07, 6.45) is 3.69. The van der Waals surface area contributed by atoms with Crippen molar-refractivity contribution in [2.45, 2.75) is 19.4 Å². The van der Waals surface area contributed by atoms with Crippen molar-refractivity contribution in [3.8, 4) is 6.19 Å². The molecule has 0 spiro atoms. The van der Waals surface area contributed by atoms with E-state index < -0.39 is 0 Å². The van der Waals surface area contributed by atoms with Crippen LogP contribution in [0.4, 0.5) is 5.13 Å². The van der Waals surface area contributed by atoms with Crippen LogP contribution in [0, 0.1) is 17.4 Å². The predicted molar refractivity (Wildman–Crippen MR) is 76.2 cm³/mol. The largest absolute Gasteiger partial charge is 0.316 e. The van der Waals surface area contributed by atoms with Crippen LogP contribution < -0.4 is 10.2 Å². The molecule has 1 aromatic rings. The van der Waals surface area contributed by atoms with E-state index in [1.165, 1.54) is 21.1 Å². The topological polar surface area (TPSA) is 72.3 Å². The van der Waals surface area contributed by atoms with Crippen molar-refractivity contribution in [1.82, 2.24) is 15.2 Å². The van der Waals surface area contributed by atoms with Crippen LogP contribution in [0.1, 0.15) is 17.0 Å². The van der Waals surface area contributed by atoms with Crippen molar-refractivity contribution in [2.75, 3.05) is 31.6 Å². The van der Waals surface area contributed by atoms with E-state index in [4.69, 9.17) is 0 Å². The van der Waals surface area contributed by atoms with Crippen LogP contribution in [0.15, 0.2) is 0 Å². The molecule has 0 unspecified atom stereocenters. The third-order valence-corrected chi connectivity index (χ3v) is 4.90. The van der Waals surface area contributed by atoms with E-state index >= 15 is 0 Å². The number of hydrogen-bond acceptors (Lipinski definition) is 6. The van der Waals surface area contributed by atoms with Gasteiger partial charge in [-0.2, -0.15) is 10.2 Å². The lowest BCUT2D eigenvalue weighted by Crippen LogP contribution is -2.33. The number of nitriles is 1. The summed E-state index contributed by atoms with van der Waals surface area (Å²) < 4.78 is 0. The summed E-state index contributed by atoms with van der Waals surface area (Å²) in [6.45, 7) is 3.33. The Kier molecular flexibility index (Phi) is 3.70. The van der Waals surface area contributed by atoms with Gasteiger partial charge in [0.15, 0.2) is 6.19 Å². The fraction of sp³-hybridized carbons (Fsp3) is 0.615. The molecule has 3 rings (SSSR count). The number of amides is 1. The average molecular weight is 291 g/mol. The first kappa shape index (κ1) is 13.5. The summed E-state index contributed by atoms with van der Waals surface area (Å²) in [6, 6.07) is 0. The van der Waals surface area contributed by atoms with E-state index in [-0.39, 0.29) is 11.8 Å². The summed E-state index contributed by atoms with van der Waals surface area (Å²) in [7, 11) is 2.07. The fourth-order valence-electron chi connectivity index (χ4n) is 2.64. The van der Waals surface area contributed by atoms with Gasteiger partial charge in [-0.3, -0.25) is 4.79 Å². The Hall–Kier alpha value is -1.49. The minimum atomic E-state index is -0.128. The van der Waals surface area contributed by atoms with Gasteiger partial charge in [0.2, 0.25) is 11.0 Å². The summed E-state index contributed by atoms with van der Waals surface area (Å²) >= 11 is 1.47. The Morgan fingerprint density at radius 3 is 3.20 bits per heavy atom. The monoisotopic (exact) mass is 291 g/mol. The van der Waals surface area contributed by atoms with Gasteiger partial charge in [0.05, 0.1) is 11.6 Å². The van der Waals surface area contributed by atoms with Crippen LogP contribution >= 0.6 is 11.3 Å². The SMILES string of the molecule is CN1CCc2nc(N(C#N)C(=O)[C@H]3CCNC3)sc2C1. The molecule has 1 fully saturated rings. The number of thiazole rings is 1. The second-order valence-corrected chi connectivity index (χ2v) is 6.38. The van der Waals surface area contributed by atoms with Gasteiger partial charge in [0, 0.05) is 30.9 Å². The molecule has 0 saturated carbocycles. The first-order valence-corrected chi connectivity index (χ1v) is 7.62. The van der Waals surface area contributed by atoms with Gasteiger partial charge in [0.25, 0.3) is 0 Å². The van der Waals surface area contributed by atoms with E-state index in [9.17, 15) is 10.1 Å². The van der Waals surface area contributed by atoms with E-state index in [1.807, 2.05) is 6.19 Å². The second-order valence-electron chi connectivity index (χ2n) is 5.32. The molecule has 2 aliphatic heterocycles. The van der Waals surface area contributed by atoms with Crippen molar-refractivity contribution in [1.29, 1.82) is 5.26 Å². The smallest absolute Gasteiger partial charge is 0.246 e. The highest BCUT2D eigenvalue weighted by Gasteiger charge is 2.31. The van der Waals surface area contributed by atoms with E-state index in [1.54, 1.807) is 0 Å². The third kappa shape index (κ3) is 2.42. The molecule has 20 heavy (non-hydrogen) atoms. The van der Waals surface area contributed by atoms with Crippen LogP contribution in [0.25, 0.3) is 0 Å². The van der Waals surface area contributed by atoms with Crippen molar-refractivity contribution >= 4 is 22.4 Å². The first-order valence-electron chi connectivity index (χ1n) is 6.80. The maximum atomic E-state index is 12.4. The van der Waals surface area contributed by atoms with Gasteiger partial charge in [-0.1, -0.05) is 11.3 Å². The summed E-state index contributed by atoms with van der Waals surface area (Å²) in [5.74, 6) is -0.227. The highest BCUT2D eigenvalue weighted by atomic mass is 32.1. The number of rotatable bonds is 2. The lowest BCUT2D eigenvalue weighted by Gasteiger charge is -2.20. The van der Waals surface area contributed by atoms with Gasteiger partial charge in [-0.25, -0.2) is 4.98 Å². The highest BCUT2D eigenvalue weighted by molar-refractivity contribution is 7.16. The molecule has 106 valence electrons. The lowest BCUT2D eigenvalue weighted by molar-refractivity contribution is -0.121. The Bertz CT molecular complexity index is 558. The molecular weight excluding hydrogens is 274 g/mol. The number of fused-ring (bicyclic) bond motifs is 1. The van der Waals surface area contributed by atoms with Crippen LogP contribution in [0.2, 0.25) is 0 Å². The molecule has 0 radical (unpaired) electrons. The minimum Gasteiger partial charge on any atom is -0.316 e. The predicted octanol–water partition coefficient (Wildman–Crippen LogP) is 0.555. The number of likely N-dealkylation sites (N-methyl/N-ethyl adjacent to an activating group) is 1. The molecule has 6 nitrogen and oxygen atoms in total. The zero-order valence-electron chi connectivity index (χ0n) is 11.4. The zero-order chi connectivity index (χ0) is 14.1. The molecule has 0 bridgehead atoms. The van der Waals surface area contributed by atoms with Crippen molar-refractivity contribution in [2.24, 2.45) is 5.92 Å². The molecular formula is C13H17N5OS. The molecule has 1 aromatic heterocycles. The second kappa shape index (κ2) is 5.48. The molecule has 2 aliphatic rings. The Balaban J connectivity index is 1.83. The number of hydrogen-bond donors (Lipinski definition) is 1. The van der Waals surface area contributed by atoms with Crippen molar-refractivity contribution in [3.05, 3.63) is 10.6 Å². The van der Waals surface area contributed by atoms with Crippen molar-refractivity contribution < 1.29 is 4.79 Å². The van der Waals surface area contributed by atoms with Gasteiger partial charge in [-0.15, -0.1) is 0 Å². The molecule has 1 N–H and O–H groups in total. The molecule has 3 heterocycles. The third-order valence-electron chi connectivity index (χ3n) is 3.83. The Morgan fingerprint density at radius 1 is 1.65 bits per heavy atom. The fourth-order valence-corrected chi connectivity index (χ4v) is 3.79. The number of nitrogens with zero attached hydrogens (tertiary/aromatic N) is 4. The summed E-state index contributed by atoms with van der Waals surface area (Å²) in [4.78, 5) is 21.5. The van der Waals surface area contributed by atoms with Gasteiger partial charge in [-0.05, 0) is 20.0 Å². The number of nitrogens with one attached hydrogen (secondary N) is 1. The maximum Gasteiger partial charge on any atom is 0.246 e. The van der Waals surface area contributed by atoms with Crippen LogP contribution in [0.3, 0.4) is 0 Å². The van der Waals surface area contributed by atoms with E-state index in [2.05, 4.69) is 22.2 Å². The lowest BCUT2D eigenvalue weighted by atomic mass is 10.1. The van der Waals surface area contributed by atoms with Crippen LogP contribution in [0.5, 0.6) is 0 Å². The minimum absolute atomic E-state index is 0.0988. The Morgan fingerprint density at radius 2 is 2.50 bits per heavy atom. The van der Waals surface area contributed by atoms with Gasteiger partial charge in [0.1, 0.15) is 0 Å². The zero-order valence-corrected chi connectivity index (χ0v) is 12.2. The highest BCUT2D eigenvalue weighted by Crippen LogP contribution is 2.31. The quantitative estimate of drug-likeness (QED) is 0.636. The summed E-state index contributed by atoms with van der Waals surface area (Å²) in [5, 5.41) is 13.0. The van der Waals surface area contributed by atoms with E-state index in [0.717, 1.165) is 38.2 Å². The standard InChI is InChI=1S/C13H17N5OS/c1-17-5-3-10-11(7-17)20-13(16-10)18(8-14)12(19)9-2-4-15-6-9/h9,15H,2-7H2,1H3/t9-/m0/s1. The number of anilines is 1. The van der Waals surface area contributed by atoms with E-state index in [0.29, 0.717) is 11.7 Å². The number of carbonyl (C=O) groups is 1. The van der Waals surface area contributed by atoms with Crippen molar-refractivity contribution in [3.63, 3.8) is 0 Å². The van der Waals surface area contributed by atoms with Gasteiger partial charge >= 0.3 is 0 Å². The molecule has 1 atom stereocenters. The molecule has 0 aliphatic carbocycles. The number of aromatic nitrogens is 1. The first-order chi connectivity index (χ1) is 9.69. The van der Waals surface area contributed by atoms with Gasteiger partial charge < -0.3 is 10.2 Å². The van der Waals surface area contributed by atoms with Crippen LogP contribution in [-0.4, -0.2) is 42.5 Å². The number of carbonyl (C=O) groups excluding carboxylic acids is 1. The molecule has 0 aromatic carbocycles.